The lowest BCUT2D eigenvalue weighted by atomic mass is 10.2. The fraction of sp³-hybridized carbons (Fsp3) is 0.214. The summed E-state index contributed by atoms with van der Waals surface area (Å²) in [7, 11) is 1.78. The molecule has 0 unspecified atom stereocenters. The van der Waals surface area contributed by atoms with Crippen LogP contribution in [0.2, 0.25) is 0 Å². The number of anilines is 1. The van der Waals surface area contributed by atoms with Gasteiger partial charge in [-0.25, -0.2) is 15.0 Å². The first-order valence-corrected chi connectivity index (χ1v) is 6.15. The minimum Gasteiger partial charge on any atom is -0.482 e. The smallest absolute Gasteiger partial charge is 0.180 e. The van der Waals surface area contributed by atoms with Gasteiger partial charge < -0.3 is 15.8 Å². The highest BCUT2D eigenvalue weighted by Gasteiger charge is 2.06. The van der Waals surface area contributed by atoms with Crippen molar-refractivity contribution in [1.82, 2.24) is 15.0 Å². The van der Waals surface area contributed by atoms with Gasteiger partial charge in [-0.15, -0.1) is 0 Å². The number of rotatable bonds is 5. The number of hydrogen-bond acceptors (Lipinski definition) is 6. The Morgan fingerprint density at radius 1 is 1.40 bits per heavy atom. The molecule has 0 aromatic carbocycles. The summed E-state index contributed by atoms with van der Waals surface area (Å²) in [5.74, 6) is 1.91. The van der Waals surface area contributed by atoms with Crippen molar-refractivity contribution in [3.8, 4) is 5.75 Å². The van der Waals surface area contributed by atoms with Crippen LogP contribution in [0.5, 0.6) is 5.75 Å². The van der Waals surface area contributed by atoms with Crippen molar-refractivity contribution < 1.29 is 4.74 Å². The normalized spacial score (nSPS) is 10.1. The zero-order valence-electron chi connectivity index (χ0n) is 11.6. The van der Waals surface area contributed by atoms with Crippen LogP contribution in [-0.4, -0.2) is 22.0 Å². The maximum absolute atomic E-state index is 5.68. The van der Waals surface area contributed by atoms with Gasteiger partial charge in [-0.2, -0.15) is 0 Å². The topological polar surface area (TPSA) is 86.0 Å². The Labute approximate surface area is 117 Å². The highest BCUT2D eigenvalue weighted by Crippen LogP contribution is 2.21. The zero-order valence-corrected chi connectivity index (χ0v) is 11.6. The van der Waals surface area contributed by atoms with Crippen LogP contribution in [0.1, 0.15) is 17.2 Å². The summed E-state index contributed by atoms with van der Waals surface area (Å²) in [6.45, 7) is 5.80. The number of nitrogens with zero attached hydrogens (tertiary/aromatic N) is 3. The standard InChI is InChI=1S/C14H17N5O/c1-9(15)12-6-4-5-11(19-12)8-20-13-7-17-10(2)18-14(13)16-3/h4-7H,1,8,15H2,2-3H3,(H,16,17,18). The molecule has 2 aromatic rings. The lowest BCUT2D eigenvalue weighted by Crippen LogP contribution is -2.06. The number of hydrogen-bond donors (Lipinski definition) is 2. The molecular formula is C14H17N5O. The van der Waals surface area contributed by atoms with Crippen molar-refractivity contribution in [3.05, 3.63) is 48.2 Å². The van der Waals surface area contributed by atoms with Gasteiger partial charge in [-0.05, 0) is 19.1 Å². The summed E-state index contributed by atoms with van der Waals surface area (Å²) >= 11 is 0. The summed E-state index contributed by atoms with van der Waals surface area (Å²) in [5, 5.41) is 2.97. The first-order chi connectivity index (χ1) is 9.60. The van der Waals surface area contributed by atoms with E-state index in [1.165, 1.54) is 0 Å². The van der Waals surface area contributed by atoms with E-state index in [0.29, 0.717) is 35.4 Å². The van der Waals surface area contributed by atoms with Crippen molar-refractivity contribution in [2.75, 3.05) is 12.4 Å². The summed E-state index contributed by atoms with van der Waals surface area (Å²) in [4.78, 5) is 12.7. The fourth-order valence-electron chi connectivity index (χ4n) is 1.63. The first kappa shape index (κ1) is 13.8. The summed E-state index contributed by atoms with van der Waals surface area (Å²) in [5.41, 5.74) is 7.47. The molecule has 6 heteroatoms. The van der Waals surface area contributed by atoms with E-state index >= 15 is 0 Å². The third-order valence-corrected chi connectivity index (χ3v) is 2.62. The third-order valence-electron chi connectivity index (χ3n) is 2.62. The number of ether oxygens (including phenoxy) is 1. The van der Waals surface area contributed by atoms with Crippen LogP contribution in [-0.2, 0) is 6.61 Å². The fourth-order valence-corrected chi connectivity index (χ4v) is 1.63. The van der Waals surface area contributed by atoms with Gasteiger partial charge in [0.15, 0.2) is 11.6 Å². The predicted molar refractivity (Wildman–Crippen MR) is 78.1 cm³/mol. The highest BCUT2D eigenvalue weighted by molar-refractivity contribution is 5.56. The van der Waals surface area contributed by atoms with Crippen LogP contribution >= 0.6 is 0 Å². The number of nitrogens with two attached hydrogens (primary N) is 1. The van der Waals surface area contributed by atoms with Crippen molar-refractivity contribution in [1.29, 1.82) is 0 Å². The van der Waals surface area contributed by atoms with Crippen LogP contribution in [0.25, 0.3) is 5.70 Å². The first-order valence-electron chi connectivity index (χ1n) is 6.15. The predicted octanol–water partition coefficient (Wildman–Crippen LogP) is 1.73. The molecule has 2 aromatic heterocycles. The van der Waals surface area contributed by atoms with E-state index in [-0.39, 0.29) is 0 Å². The molecule has 0 atom stereocenters. The zero-order chi connectivity index (χ0) is 14.5. The molecule has 0 aliphatic heterocycles. The molecule has 0 bridgehead atoms. The lowest BCUT2D eigenvalue weighted by Gasteiger charge is -2.10. The van der Waals surface area contributed by atoms with Gasteiger partial charge >= 0.3 is 0 Å². The maximum Gasteiger partial charge on any atom is 0.180 e. The number of aryl methyl sites for hydroxylation is 1. The van der Waals surface area contributed by atoms with Gasteiger partial charge in [-0.1, -0.05) is 12.6 Å². The molecule has 0 amide bonds. The second-order valence-electron chi connectivity index (χ2n) is 4.21. The summed E-state index contributed by atoms with van der Waals surface area (Å²) < 4.78 is 5.68. The molecule has 0 fully saturated rings. The quantitative estimate of drug-likeness (QED) is 0.861. The SMILES string of the molecule is C=C(N)c1cccc(COc2cnc(C)nc2NC)n1. The summed E-state index contributed by atoms with van der Waals surface area (Å²) in [6.07, 6.45) is 1.64. The van der Waals surface area contributed by atoms with Crippen LogP contribution in [0.3, 0.4) is 0 Å². The molecule has 3 N–H and O–H groups in total. The Bertz CT molecular complexity index is 627. The van der Waals surface area contributed by atoms with E-state index in [1.54, 1.807) is 19.3 Å². The molecule has 6 nitrogen and oxygen atoms in total. The molecule has 2 heterocycles. The molecular weight excluding hydrogens is 254 g/mol. The second-order valence-corrected chi connectivity index (χ2v) is 4.21. The molecule has 0 aliphatic rings. The Morgan fingerprint density at radius 3 is 2.90 bits per heavy atom. The monoisotopic (exact) mass is 271 g/mol. The van der Waals surface area contributed by atoms with Crippen molar-refractivity contribution in [2.45, 2.75) is 13.5 Å². The van der Waals surface area contributed by atoms with E-state index < -0.39 is 0 Å². The molecule has 0 radical (unpaired) electrons. The van der Waals surface area contributed by atoms with Gasteiger partial charge in [0.25, 0.3) is 0 Å². The molecule has 0 aliphatic carbocycles. The average molecular weight is 271 g/mol. The van der Waals surface area contributed by atoms with Gasteiger partial charge in [-0.3, -0.25) is 0 Å². The third kappa shape index (κ3) is 3.23. The van der Waals surface area contributed by atoms with Gasteiger partial charge in [0.2, 0.25) is 0 Å². The van der Waals surface area contributed by atoms with Crippen LogP contribution < -0.4 is 15.8 Å². The number of pyridine rings is 1. The Balaban J connectivity index is 2.12. The minimum atomic E-state index is 0.308. The maximum atomic E-state index is 5.68. The molecule has 0 saturated carbocycles. The van der Waals surface area contributed by atoms with Crippen LogP contribution in [0.15, 0.2) is 31.0 Å². The molecule has 2 rings (SSSR count). The van der Waals surface area contributed by atoms with Crippen molar-refractivity contribution in [2.24, 2.45) is 5.73 Å². The largest absolute Gasteiger partial charge is 0.482 e. The Morgan fingerprint density at radius 2 is 2.20 bits per heavy atom. The summed E-state index contributed by atoms with van der Waals surface area (Å²) in [6, 6.07) is 5.53. The van der Waals surface area contributed by atoms with E-state index in [9.17, 15) is 0 Å². The van der Waals surface area contributed by atoms with Crippen molar-refractivity contribution in [3.63, 3.8) is 0 Å². The van der Waals surface area contributed by atoms with E-state index in [2.05, 4.69) is 26.8 Å². The number of aromatic nitrogens is 3. The number of nitrogens with one attached hydrogen (secondary N) is 1. The van der Waals surface area contributed by atoms with E-state index in [0.717, 1.165) is 5.69 Å². The molecule has 0 spiro atoms. The van der Waals surface area contributed by atoms with Gasteiger partial charge in [0.05, 0.1) is 23.3 Å². The minimum absolute atomic E-state index is 0.308. The van der Waals surface area contributed by atoms with Gasteiger partial charge in [0.1, 0.15) is 12.4 Å². The van der Waals surface area contributed by atoms with E-state index in [4.69, 9.17) is 10.5 Å². The second kappa shape index (κ2) is 6.01. The van der Waals surface area contributed by atoms with Crippen LogP contribution in [0.4, 0.5) is 5.82 Å². The van der Waals surface area contributed by atoms with Gasteiger partial charge in [0, 0.05) is 7.05 Å². The van der Waals surface area contributed by atoms with Crippen molar-refractivity contribution >= 4 is 11.5 Å². The molecule has 104 valence electrons. The van der Waals surface area contributed by atoms with Crippen LogP contribution in [0, 0.1) is 6.92 Å². The molecule has 20 heavy (non-hydrogen) atoms. The Kier molecular flexibility index (Phi) is 4.14. The average Bonchev–Trinajstić information content (AvgIpc) is 2.46. The Hall–Kier alpha value is -2.63. The highest BCUT2D eigenvalue weighted by atomic mass is 16.5. The lowest BCUT2D eigenvalue weighted by molar-refractivity contribution is 0.300. The van der Waals surface area contributed by atoms with E-state index in [1.807, 2.05) is 19.1 Å². The molecule has 0 saturated heterocycles.